The van der Waals surface area contributed by atoms with Crippen LogP contribution in [0, 0.1) is 0 Å². The lowest BCUT2D eigenvalue weighted by molar-refractivity contribution is 0.0702. The Bertz CT molecular complexity index is 285. The molecule has 0 aromatic carbocycles. The van der Waals surface area contributed by atoms with Crippen LogP contribution in [0.4, 0.5) is 0 Å². The Balaban J connectivity index is 3.07. The largest absolute Gasteiger partial charge is 0.477 e. The number of halogens is 1. The highest BCUT2D eigenvalue weighted by molar-refractivity contribution is 7.15. The summed E-state index contributed by atoms with van der Waals surface area (Å²) in [6, 6.07) is 0. The number of hydrogen-bond acceptors (Lipinski definition) is 4. The zero-order chi connectivity index (χ0) is 8.43. The van der Waals surface area contributed by atoms with Crippen LogP contribution in [-0.2, 0) is 0 Å². The summed E-state index contributed by atoms with van der Waals surface area (Å²) in [4.78, 5) is 14.0. The van der Waals surface area contributed by atoms with Crippen molar-refractivity contribution in [3.05, 3.63) is 10.0 Å². The van der Waals surface area contributed by atoms with Crippen LogP contribution in [0.5, 0.6) is 5.19 Å². The molecule has 0 unspecified atom stereocenters. The highest BCUT2D eigenvalue weighted by Gasteiger charge is 2.15. The molecule has 1 heterocycles. The predicted molar refractivity (Wildman–Crippen MR) is 40.6 cm³/mol. The van der Waals surface area contributed by atoms with E-state index in [4.69, 9.17) is 16.7 Å². The fourth-order valence-electron chi connectivity index (χ4n) is 0.502. The molecule has 0 atom stereocenters. The summed E-state index contributed by atoms with van der Waals surface area (Å²) in [5.74, 6) is -1.09. The molecule has 0 amide bonds. The van der Waals surface area contributed by atoms with Gasteiger partial charge in [0, 0.05) is 0 Å². The Morgan fingerprint density at radius 1 is 1.82 bits per heavy atom. The monoisotopic (exact) mass is 193 g/mol. The molecule has 1 N–H and O–H groups in total. The van der Waals surface area contributed by atoms with E-state index in [1.807, 2.05) is 0 Å². The van der Waals surface area contributed by atoms with E-state index in [1.54, 1.807) is 0 Å². The fourth-order valence-corrected chi connectivity index (χ4v) is 1.44. The van der Waals surface area contributed by atoms with Gasteiger partial charge in [0.1, 0.15) is 0 Å². The molecule has 0 aliphatic rings. The lowest BCUT2D eigenvalue weighted by atomic mass is 10.6. The average molecular weight is 194 g/mol. The van der Waals surface area contributed by atoms with Gasteiger partial charge in [-0.15, -0.1) is 0 Å². The second-order valence-electron chi connectivity index (χ2n) is 1.61. The summed E-state index contributed by atoms with van der Waals surface area (Å²) in [7, 11) is 1.40. The summed E-state index contributed by atoms with van der Waals surface area (Å²) in [5.41, 5.74) is 0. The molecule has 0 saturated carbocycles. The summed E-state index contributed by atoms with van der Waals surface area (Å²) < 4.78 is 4.69. The summed E-state index contributed by atoms with van der Waals surface area (Å²) >= 11 is 6.36. The Hall–Kier alpha value is -0.810. The van der Waals surface area contributed by atoms with Crippen LogP contribution in [0.2, 0.25) is 5.15 Å². The normalized spacial score (nSPS) is 9.64. The molecule has 0 fully saturated rings. The first-order valence-corrected chi connectivity index (χ1v) is 3.78. The summed E-state index contributed by atoms with van der Waals surface area (Å²) in [6.07, 6.45) is 0. The van der Waals surface area contributed by atoms with Crippen molar-refractivity contribution in [1.82, 2.24) is 4.98 Å². The second kappa shape index (κ2) is 3.06. The highest BCUT2D eigenvalue weighted by atomic mass is 35.5. The van der Waals surface area contributed by atoms with Crippen molar-refractivity contribution in [3.63, 3.8) is 0 Å². The van der Waals surface area contributed by atoms with Gasteiger partial charge in [0.15, 0.2) is 10.0 Å². The first-order valence-electron chi connectivity index (χ1n) is 2.58. The summed E-state index contributed by atoms with van der Waals surface area (Å²) in [5, 5.41) is 8.73. The minimum Gasteiger partial charge on any atom is -0.477 e. The topological polar surface area (TPSA) is 59.4 Å². The molecule has 1 aromatic rings. The number of carboxylic acids is 1. The summed E-state index contributed by atoms with van der Waals surface area (Å²) in [6.45, 7) is 0. The maximum Gasteiger partial charge on any atom is 0.349 e. The molecule has 60 valence electrons. The number of aromatic nitrogens is 1. The number of methoxy groups -OCH3 is 1. The Labute approximate surface area is 71.4 Å². The van der Waals surface area contributed by atoms with E-state index < -0.39 is 5.97 Å². The van der Waals surface area contributed by atoms with Crippen LogP contribution in [0.15, 0.2) is 0 Å². The van der Waals surface area contributed by atoms with Crippen molar-refractivity contribution in [2.24, 2.45) is 0 Å². The van der Waals surface area contributed by atoms with E-state index >= 15 is 0 Å². The third-order valence-electron chi connectivity index (χ3n) is 0.935. The quantitative estimate of drug-likeness (QED) is 0.774. The molecular weight excluding hydrogens is 190 g/mol. The van der Waals surface area contributed by atoms with E-state index in [9.17, 15) is 4.79 Å². The molecule has 0 aliphatic heterocycles. The molecule has 1 aromatic heterocycles. The van der Waals surface area contributed by atoms with E-state index in [-0.39, 0.29) is 15.2 Å². The molecular formula is C5H4ClNO3S. The predicted octanol–water partition coefficient (Wildman–Crippen LogP) is 1.50. The van der Waals surface area contributed by atoms with Gasteiger partial charge in [0.05, 0.1) is 7.11 Å². The van der Waals surface area contributed by atoms with Crippen molar-refractivity contribution < 1.29 is 14.6 Å². The zero-order valence-corrected chi connectivity index (χ0v) is 7.07. The smallest absolute Gasteiger partial charge is 0.349 e. The third-order valence-corrected chi connectivity index (χ3v) is 2.33. The Morgan fingerprint density at radius 2 is 2.45 bits per heavy atom. The number of thiazole rings is 1. The van der Waals surface area contributed by atoms with Gasteiger partial charge >= 0.3 is 5.97 Å². The number of carboxylic acid groups (broad SMARTS) is 1. The van der Waals surface area contributed by atoms with Crippen molar-refractivity contribution in [1.29, 1.82) is 0 Å². The molecule has 0 aliphatic carbocycles. The SMILES string of the molecule is COc1nc(Cl)c(C(=O)O)s1. The van der Waals surface area contributed by atoms with E-state index in [2.05, 4.69) is 9.72 Å². The van der Waals surface area contributed by atoms with Gasteiger partial charge in [0.2, 0.25) is 0 Å². The zero-order valence-electron chi connectivity index (χ0n) is 5.50. The highest BCUT2D eigenvalue weighted by Crippen LogP contribution is 2.27. The van der Waals surface area contributed by atoms with Crippen LogP contribution < -0.4 is 4.74 Å². The van der Waals surface area contributed by atoms with Gasteiger partial charge in [-0.25, -0.2) is 4.79 Å². The molecule has 0 radical (unpaired) electrons. The van der Waals surface area contributed by atoms with Crippen molar-refractivity contribution in [2.75, 3.05) is 7.11 Å². The van der Waals surface area contributed by atoms with E-state index in [0.29, 0.717) is 0 Å². The number of aromatic carboxylic acids is 1. The van der Waals surface area contributed by atoms with Crippen molar-refractivity contribution in [3.8, 4) is 5.19 Å². The van der Waals surface area contributed by atoms with Gasteiger partial charge in [-0.05, 0) is 0 Å². The second-order valence-corrected chi connectivity index (χ2v) is 2.93. The lowest BCUT2D eigenvalue weighted by Crippen LogP contribution is -1.91. The molecule has 0 bridgehead atoms. The minimum absolute atomic E-state index is 0.00326. The number of rotatable bonds is 2. The van der Waals surface area contributed by atoms with E-state index in [0.717, 1.165) is 11.3 Å². The third kappa shape index (κ3) is 1.61. The van der Waals surface area contributed by atoms with Gasteiger partial charge < -0.3 is 9.84 Å². The molecule has 0 spiro atoms. The first kappa shape index (κ1) is 8.29. The number of ether oxygens (including phenoxy) is 1. The molecule has 0 saturated heterocycles. The first-order chi connectivity index (χ1) is 5.15. The van der Waals surface area contributed by atoms with Crippen LogP contribution in [0.25, 0.3) is 0 Å². The fraction of sp³-hybridized carbons (Fsp3) is 0.200. The lowest BCUT2D eigenvalue weighted by Gasteiger charge is -1.85. The molecule has 6 heteroatoms. The maximum atomic E-state index is 10.4. The maximum absolute atomic E-state index is 10.4. The molecule has 1 rings (SSSR count). The molecule has 11 heavy (non-hydrogen) atoms. The van der Waals surface area contributed by atoms with E-state index in [1.165, 1.54) is 7.11 Å². The van der Waals surface area contributed by atoms with Gasteiger partial charge in [-0.3, -0.25) is 0 Å². The van der Waals surface area contributed by atoms with Crippen LogP contribution in [0.1, 0.15) is 9.67 Å². The Morgan fingerprint density at radius 3 is 2.73 bits per heavy atom. The van der Waals surface area contributed by atoms with Crippen molar-refractivity contribution in [2.45, 2.75) is 0 Å². The van der Waals surface area contributed by atoms with Gasteiger partial charge in [-0.2, -0.15) is 4.98 Å². The standard InChI is InChI=1S/C5H4ClNO3S/c1-10-5-7-3(6)2(11-5)4(8)9/h1H3,(H,8,9). The van der Waals surface area contributed by atoms with Crippen LogP contribution >= 0.6 is 22.9 Å². The number of carbonyl (C=O) groups is 1. The Kier molecular flexibility index (Phi) is 2.31. The average Bonchev–Trinajstić information content (AvgIpc) is 2.30. The molecule has 4 nitrogen and oxygen atoms in total. The van der Waals surface area contributed by atoms with Crippen LogP contribution in [0.3, 0.4) is 0 Å². The van der Waals surface area contributed by atoms with Crippen LogP contribution in [-0.4, -0.2) is 23.2 Å². The van der Waals surface area contributed by atoms with Gasteiger partial charge in [0.25, 0.3) is 5.19 Å². The number of nitrogens with zero attached hydrogens (tertiary/aromatic N) is 1. The number of hydrogen-bond donors (Lipinski definition) is 1. The van der Waals surface area contributed by atoms with Crippen molar-refractivity contribution >= 4 is 28.9 Å². The van der Waals surface area contributed by atoms with Gasteiger partial charge in [-0.1, -0.05) is 22.9 Å². The minimum atomic E-state index is -1.09.